The molecule has 0 radical (unpaired) electrons. The summed E-state index contributed by atoms with van der Waals surface area (Å²) in [5, 5.41) is 5.75. The fourth-order valence-corrected chi connectivity index (χ4v) is 4.79. The van der Waals surface area contributed by atoms with Gasteiger partial charge < -0.3 is 39.2 Å². The molecule has 1 saturated heterocycles. The quantitative estimate of drug-likeness (QED) is 0.428. The SMILES string of the molecule is COC(=O)c1ccc(C(=O)N2C[C@@H]3NC(=O)c4cc(OC)cc(c4)OCC(=O)NCc4ccc(cc4OC)O[C@H]3C2)nc1. The van der Waals surface area contributed by atoms with E-state index in [2.05, 4.69) is 15.6 Å². The molecule has 6 rings (SSSR count). The van der Waals surface area contributed by atoms with E-state index in [0.29, 0.717) is 22.8 Å². The predicted molar refractivity (Wildman–Crippen MR) is 150 cm³/mol. The highest BCUT2D eigenvalue weighted by molar-refractivity contribution is 5.96. The van der Waals surface area contributed by atoms with Crippen molar-refractivity contribution in [3.63, 3.8) is 0 Å². The van der Waals surface area contributed by atoms with E-state index in [1.165, 1.54) is 50.6 Å². The first-order valence-electron chi connectivity index (χ1n) is 13.3. The van der Waals surface area contributed by atoms with Gasteiger partial charge in [0.1, 0.15) is 34.8 Å². The van der Waals surface area contributed by atoms with Gasteiger partial charge >= 0.3 is 5.97 Å². The van der Waals surface area contributed by atoms with Gasteiger partial charge in [0.2, 0.25) is 0 Å². The monoisotopic (exact) mass is 590 g/mol. The molecule has 0 saturated carbocycles. The Kier molecular flexibility index (Phi) is 8.60. The summed E-state index contributed by atoms with van der Waals surface area (Å²) in [6.07, 6.45) is 0.630. The molecule has 0 unspecified atom stereocenters. The number of carbonyl (C=O) groups excluding carboxylic acids is 4. The number of amides is 3. The number of rotatable bonds is 4. The normalized spacial score (nSPS) is 18.3. The first-order valence-corrected chi connectivity index (χ1v) is 13.3. The van der Waals surface area contributed by atoms with Crippen molar-refractivity contribution in [2.45, 2.75) is 18.7 Å². The van der Waals surface area contributed by atoms with E-state index in [-0.39, 0.29) is 54.7 Å². The number of ether oxygens (including phenoxy) is 5. The molecule has 4 heterocycles. The van der Waals surface area contributed by atoms with Crippen LogP contribution >= 0.6 is 0 Å². The number of hydrogen-bond acceptors (Lipinski definition) is 10. The molecule has 0 aliphatic carbocycles. The first kappa shape index (κ1) is 29.2. The van der Waals surface area contributed by atoms with Crippen molar-refractivity contribution in [2.24, 2.45) is 0 Å². The Morgan fingerprint density at radius 1 is 0.977 bits per heavy atom. The molecule has 13 nitrogen and oxygen atoms in total. The maximum atomic E-state index is 13.5. The minimum absolute atomic E-state index is 0.121. The van der Waals surface area contributed by atoms with E-state index in [1.54, 1.807) is 30.3 Å². The molecule has 3 aromatic rings. The standard InChI is InChI=1S/C30H30N4O9/c1-39-21-8-19-9-22(10-21)42-16-27(35)32-12-17-4-6-20(11-25(17)40-2)43-26-15-34(14-24(26)33-28(19)36)29(37)23-7-5-18(13-31-23)30(38)41-3/h4-11,13,24,26H,12,14-16H2,1-3H3,(H,32,35)(H,33,36)/t24-,26-/m0/s1. The van der Waals surface area contributed by atoms with Crippen molar-refractivity contribution >= 4 is 23.7 Å². The van der Waals surface area contributed by atoms with Crippen LogP contribution in [-0.2, 0) is 16.1 Å². The van der Waals surface area contributed by atoms with Crippen molar-refractivity contribution in [1.29, 1.82) is 0 Å². The Morgan fingerprint density at radius 2 is 1.81 bits per heavy atom. The lowest BCUT2D eigenvalue weighted by atomic mass is 10.1. The van der Waals surface area contributed by atoms with Crippen LogP contribution in [0.5, 0.6) is 23.0 Å². The zero-order valence-corrected chi connectivity index (χ0v) is 23.7. The number of aromatic nitrogens is 1. The van der Waals surface area contributed by atoms with Crippen LogP contribution in [-0.4, -0.2) is 86.7 Å². The molecule has 3 amide bonds. The van der Waals surface area contributed by atoms with Gasteiger partial charge in [-0.05, 0) is 36.4 Å². The Labute approximate surface area is 247 Å². The number of methoxy groups -OCH3 is 3. The number of fused-ring (bicyclic) bond motifs is 7. The highest BCUT2D eigenvalue weighted by Gasteiger charge is 2.39. The molecule has 13 heteroatoms. The van der Waals surface area contributed by atoms with Crippen LogP contribution < -0.4 is 29.6 Å². The summed E-state index contributed by atoms with van der Waals surface area (Å²) in [6, 6.07) is 12.1. The maximum absolute atomic E-state index is 13.5. The van der Waals surface area contributed by atoms with E-state index in [0.717, 1.165) is 0 Å². The fraction of sp³-hybridized carbons (Fsp3) is 0.300. The molecule has 2 aromatic carbocycles. The minimum atomic E-state index is -0.644. The molecule has 1 aromatic heterocycles. The predicted octanol–water partition coefficient (Wildman–Crippen LogP) is 1.60. The van der Waals surface area contributed by atoms with Crippen LogP contribution in [0.3, 0.4) is 0 Å². The molecule has 3 aliphatic rings. The topological polar surface area (TPSA) is 155 Å². The second-order valence-corrected chi connectivity index (χ2v) is 9.81. The Morgan fingerprint density at radius 3 is 2.53 bits per heavy atom. The molecule has 2 N–H and O–H groups in total. The zero-order valence-electron chi connectivity index (χ0n) is 23.7. The number of pyridine rings is 1. The van der Waals surface area contributed by atoms with Gasteiger partial charge in [-0.1, -0.05) is 0 Å². The smallest absolute Gasteiger partial charge is 0.339 e. The van der Waals surface area contributed by atoms with Gasteiger partial charge in [0.15, 0.2) is 6.61 Å². The Bertz CT molecular complexity index is 1540. The number of hydrogen-bond donors (Lipinski definition) is 2. The number of carbonyl (C=O) groups is 4. The Balaban J connectivity index is 1.46. The summed E-state index contributed by atoms with van der Waals surface area (Å²) in [4.78, 5) is 56.8. The summed E-state index contributed by atoms with van der Waals surface area (Å²) in [5.74, 6) is -0.227. The van der Waals surface area contributed by atoms with E-state index >= 15 is 0 Å². The van der Waals surface area contributed by atoms with E-state index in [1.807, 2.05) is 0 Å². The molecule has 224 valence electrons. The lowest BCUT2D eigenvalue weighted by molar-refractivity contribution is -0.123. The molecule has 1 fully saturated rings. The number of esters is 1. The highest BCUT2D eigenvalue weighted by atomic mass is 16.5. The summed E-state index contributed by atoms with van der Waals surface area (Å²) in [5.41, 5.74) is 1.28. The second kappa shape index (κ2) is 12.7. The summed E-state index contributed by atoms with van der Waals surface area (Å²) < 4.78 is 27.5. The van der Waals surface area contributed by atoms with Crippen LogP contribution in [0.1, 0.15) is 36.8 Å². The van der Waals surface area contributed by atoms with Crippen LogP contribution in [0.15, 0.2) is 54.7 Å². The van der Waals surface area contributed by atoms with Crippen LogP contribution in [0.2, 0.25) is 0 Å². The highest BCUT2D eigenvalue weighted by Crippen LogP contribution is 2.28. The van der Waals surface area contributed by atoms with Gasteiger partial charge in [0.25, 0.3) is 17.7 Å². The third-order valence-electron chi connectivity index (χ3n) is 7.04. The third kappa shape index (κ3) is 6.61. The van der Waals surface area contributed by atoms with Gasteiger partial charge in [-0.3, -0.25) is 19.4 Å². The maximum Gasteiger partial charge on any atom is 0.339 e. The van der Waals surface area contributed by atoms with Crippen molar-refractivity contribution in [3.8, 4) is 23.0 Å². The van der Waals surface area contributed by atoms with Gasteiger partial charge in [-0.15, -0.1) is 0 Å². The summed E-state index contributed by atoms with van der Waals surface area (Å²) in [6.45, 7) is 0.159. The van der Waals surface area contributed by atoms with Gasteiger partial charge in [-0.2, -0.15) is 0 Å². The third-order valence-corrected chi connectivity index (χ3v) is 7.04. The first-order chi connectivity index (χ1) is 20.8. The van der Waals surface area contributed by atoms with Gasteiger partial charge in [0.05, 0.1) is 39.5 Å². The van der Waals surface area contributed by atoms with Crippen LogP contribution in [0.25, 0.3) is 0 Å². The van der Waals surface area contributed by atoms with Crippen molar-refractivity contribution < 1.29 is 42.9 Å². The van der Waals surface area contributed by atoms with E-state index in [4.69, 9.17) is 23.7 Å². The zero-order chi connectivity index (χ0) is 30.5. The number of nitrogens with one attached hydrogen (secondary N) is 2. The lowest BCUT2D eigenvalue weighted by Gasteiger charge is -2.22. The molecule has 2 atom stereocenters. The molecule has 43 heavy (non-hydrogen) atoms. The largest absolute Gasteiger partial charge is 0.497 e. The van der Waals surface area contributed by atoms with E-state index in [9.17, 15) is 19.2 Å². The van der Waals surface area contributed by atoms with Crippen molar-refractivity contribution in [2.75, 3.05) is 41.0 Å². The molecular weight excluding hydrogens is 560 g/mol. The average Bonchev–Trinajstić information content (AvgIpc) is 3.43. The number of likely N-dealkylation sites (tertiary alicyclic amines) is 1. The van der Waals surface area contributed by atoms with Crippen molar-refractivity contribution in [1.82, 2.24) is 20.5 Å². The van der Waals surface area contributed by atoms with Crippen LogP contribution in [0.4, 0.5) is 0 Å². The average molecular weight is 591 g/mol. The van der Waals surface area contributed by atoms with Crippen LogP contribution in [0, 0.1) is 0 Å². The van der Waals surface area contributed by atoms with E-state index < -0.39 is 29.9 Å². The summed E-state index contributed by atoms with van der Waals surface area (Å²) >= 11 is 0. The Hall–Kier alpha value is -5.33. The molecular formula is C30H30N4O9. The summed E-state index contributed by atoms with van der Waals surface area (Å²) in [7, 11) is 4.22. The lowest BCUT2D eigenvalue weighted by Crippen LogP contribution is -2.45. The molecule has 4 bridgehead atoms. The van der Waals surface area contributed by atoms with Gasteiger partial charge in [0, 0.05) is 42.5 Å². The minimum Gasteiger partial charge on any atom is -0.497 e. The molecule has 0 spiro atoms. The number of benzene rings is 2. The van der Waals surface area contributed by atoms with Gasteiger partial charge in [-0.25, -0.2) is 4.79 Å². The second-order valence-electron chi connectivity index (χ2n) is 9.81. The van der Waals surface area contributed by atoms with Crippen molar-refractivity contribution in [3.05, 3.63) is 77.1 Å². The number of nitrogens with zero attached hydrogens (tertiary/aromatic N) is 2. The molecule has 3 aliphatic heterocycles. The fourth-order valence-electron chi connectivity index (χ4n) is 4.79.